The molecule has 1 aliphatic carbocycles. The van der Waals surface area contributed by atoms with E-state index < -0.39 is 5.82 Å². The lowest BCUT2D eigenvalue weighted by Crippen LogP contribution is -2.34. The van der Waals surface area contributed by atoms with Crippen molar-refractivity contribution in [3.63, 3.8) is 0 Å². The number of halogens is 1. The first kappa shape index (κ1) is 11.9. The van der Waals surface area contributed by atoms with Crippen LogP contribution in [-0.4, -0.2) is 24.4 Å². The molecule has 0 aromatic heterocycles. The van der Waals surface area contributed by atoms with E-state index in [9.17, 15) is 9.18 Å². The number of hydrogen-bond donors (Lipinski definition) is 1. The lowest BCUT2D eigenvalue weighted by Gasteiger charge is -2.30. The molecule has 1 fully saturated rings. The maximum absolute atomic E-state index is 13.1. The average molecular weight is 236 g/mol. The van der Waals surface area contributed by atoms with Crippen LogP contribution in [-0.2, 0) is 0 Å². The number of anilines is 1. The summed E-state index contributed by atoms with van der Waals surface area (Å²) in [6.07, 6.45) is 3.60. The minimum atomic E-state index is -0.431. The van der Waals surface area contributed by atoms with Gasteiger partial charge in [0, 0.05) is 19.3 Å². The maximum Gasteiger partial charge on any atom is 0.255 e. The fraction of sp³-hybridized carbons (Fsp3) is 0.462. The molecule has 0 atom stereocenters. The molecule has 0 saturated heterocycles. The van der Waals surface area contributed by atoms with Crippen LogP contribution in [0.2, 0.25) is 0 Å². The van der Waals surface area contributed by atoms with Gasteiger partial charge in [-0.15, -0.1) is 0 Å². The quantitative estimate of drug-likeness (QED) is 0.818. The average Bonchev–Trinajstić information content (AvgIpc) is 2.25. The van der Waals surface area contributed by atoms with Crippen molar-refractivity contribution in [3.8, 4) is 0 Å². The molecule has 4 heteroatoms. The van der Waals surface area contributed by atoms with Gasteiger partial charge in [-0.25, -0.2) is 4.39 Å². The molecule has 1 aromatic carbocycles. The number of benzene rings is 1. The Hall–Kier alpha value is -1.58. The van der Waals surface area contributed by atoms with Crippen molar-refractivity contribution in [3.05, 3.63) is 29.6 Å². The fourth-order valence-electron chi connectivity index (χ4n) is 2.06. The van der Waals surface area contributed by atoms with Gasteiger partial charge >= 0.3 is 0 Å². The van der Waals surface area contributed by atoms with Crippen molar-refractivity contribution in [2.75, 3.05) is 19.3 Å². The second-order valence-electron chi connectivity index (χ2n) is 4.71. The van der Waals surface area contributed by atoms with Crippen LogP contribution in [0.1, 0.15) is 29.6 Å². The summed E-state index contributed by atoms with van der Waals surface area (Å²) in [6.45, 7) is 0.731. The highest BCUT2D eigenvalue weighted by molar-refractivity contribution is 5.98. The first-order valence-corrected chi connectivity index (χ1v) is 5.88. The van der Waals surface area contributed by atoms with E-state index in [-0.39, 0.29) is 11.5 Å². The van der Waals surface area contributed by atoms with Crippen molar-refractivity contribution in [1.29, 1.82) is 0 Å². The van der Waals surface area contributed by atoms with Crippen LogP contribution in [0.3, 0.4) is 0 Å². The molecule has 0 heterocycles. The maximum atomic E-state index is 13.1. The molecule has 1 amide bonds. The molecule has 2 rings (SSSR count). The summed E-state index contributed by atoms with van der Waals surface area (Å²) in [5, 5.41) is 0. The van der Waals surface area contributed by atoms with Crippen LogP contribution in [0.5, 0.6) is 0 Å². The Bertz CT molecular complexity index is 429. The second-order valence-corrected chi connectivity index (χ2v) is 4.71. The number of nitrogens with two attached hydrogens (primary N) is 1. The van der Waals surface area contributed by atoms with E-state index in [1.165, 1.54) is 37.5 Å². The molecule has 17 heavy (non-hydrogen) atoms. The van der Waals surface area contributed by atoms with Gasteiger partial charge in [0.25, 0.3) is 5.91 Å². The van der Waals surface area contributed by atoms with Gasteiger partial charge in [0.1, 0.15) is 5.82 Å². The van der Waals surface area contributed by atoms with E-state index in [4.69, 9.17) is 5.73 Å². The zero-order valence-electron chi connectivity index (χ0n) is 9.95. The van der Waals surface area contributed by atoms with Gasteiger partial charge in [0.15, 0.2) is 0 Å². The number of nitrogens with zero attached hydrogens (tertiary/aromatic N) is 1. The topological polar surface area (TPSA) is 46.3 Å². The minimum absolute atomic E-state index is 0.200. The summed E-state index contributed by atoms with van der Waals surface area (Å²) in [6, 6.07) is 3.90. The lowest BCUT2D eigenvalue weighted by atomic mass is 9.85. The third-order valence-electron chi connectivity index (χ3n) is 3.35. The van der Waals surface area contributed by atoms with Gasteiger partial charge in [0.2, 0.25) is 0 Å². The first-order chi connectivity index (χ1) is 8.08. The zero-order chi connectivity index (χ0) is 12.4. The van der Waals surface area contributed by atoms with E-state index in [2.05, 4.69) is 0 Å². The summed E-state index contributed by atoms with van der Waals surface area (Å²) in [7, 11) is 1.74. The molecular weight excluding hydrogens is 219 g/mol. The molecule has 1 saturated carbocycles. The Morgan fingerprint density at radius 3 is 2.82 bits per heavy atom. The number of amides is 1. The largest absolute Gasteiger partial charge is 0.398 e. The first-order valence-electron chi connectivity index (χ1n) is 5.88. The SMILES string of the molecule is CN(CC1CCC1)C(=O)c1cc(F)ccc1N. The van der Waals surface area contributed by atoms with Gasteiger partial charge < -0.3 is 10.6 Å². The predicted octanol–water partition coefficient (Wildman–Crippen LogP) is 2.28. The highest BCUT2D eigenvalue weighted by Gasteiger charge is 2.23. The van der Waals surface area contributed by atoms with E-state index >= 15 is 0 Å². The van der Waals surface area contributed by atoms with Crippen LogP contribution in [0.4, 0.5) is 10.1 Å². The molecule has 0 spiro atoms. The number of carbonyl (C=O) groups is 1. The predicted molar refractivity (Wildman–Crippen MR) is 65.1 cm³/mol. The van der Waals surface area contributed by atoms with E-state index in [0.29, 0.717) is 11.6 Å². The monoisotopic (exact) mass is 236 g/mol. The number of carbonyl (C=O) groups excluding carboxylic acids is 1. The van der Waals surface area contributed by atoms with Crippen LogP contribution in [0, 0.1) is 11.7 Å². The van der Waals surface area contributed by atoms with E-state index in [1.807, 2.05) is 0 Å². The Labute approximate surface area is 100 Å². The van der Waals surface area contributed by atoms with Crippen LogP contribution in [0.25, 0.3) is 0 Å². The minimum Gasteiger partial charge on any atom is -0.398 e. The van der Waals surface area contributed by atoms with Gasteiger partial charge in [-0.1, -0.05) is 6.42 Å². The highest BCUT2D eigenvalue weighted by Crippen LogP contribution is 2.27. The number of rotatable bonds is 3. The standard InChI is InChI=1S/C13H17FN2O/c1-16(8-9-3-2-4-9)13(17)11-7-10(14)5-6-12(11)15/h5-7,9H,2-4,8,15H2,1H3. The molecule has 0 aliphatic heterocycles. The Morgan fingerprint density at radius 2 is 2.24 bits per heavy atom. The van der Waals surface area contributed by atoms with Crippen molar-refractivity contribution in [1.82, 2.24) is 4.90 Å². The number of hydrogen-bond acceptors (Lipinski definition) is 2. The lowest BCUT2D eigenvalue weighted by molar-refractivity contribution is 0.0746. The van der Waals surface area contributed by atoms with Crippen LogP contribution >= 0.6 is 0 Å². The zero-order valence-corrected chi connectivity index (χ0v) is 9.95. The molecule has 0 unspecified atom stereocenters. The molecule has 2 N–H and O–H groups in total. The second kappa shape index (κ2) is 4.73. The summed E-state index contributed by atoms with van der Waals surface area (Å²) < 4.78 is 13.1. The molecule has 92 valence electrons. The van der Waals surface area contributed by atoms with Gasteiger partial charge in [-0.3, -0.25) is 4.79 Å². The Morgan fingerprint density at radius 1 is 1.53 bits per heavy atom. The summed E-state index contributed by atoms with van der Waals surface area (Å²) in [5.74, 6) is -0.0350. The van der Waals surface area contributed by atoms with Gasteiger partial charge in [-0.2, -0.15) is 0 Å². The van der Waals surface area contributed by atoms with Gasteiger partial charge in [0.05, 0.1) is 5.56 Å². The summed E-state index contributed by atoms with van der Waals surface area (Å²) in [4.78, 5) is 13.7. The van der Waals surface area contributed by atoms with E-state index in [0.717, 1.165) is 6.54 Å². The Kier molecular flexibility index (Phi) is 3.31. The molecule has 1 aromatic rings. The summed E-state index contributed by atoms with van der Waals surface area (Å²) >= 11 is 0. The third-order valence-corrected chi connectivity index (χ3v) is 3.35. The smallest absolute Gasteiger partial charge is 0.255 e. The third kappa shape index (κ3) is 2.57. The fourth-order valence-corrected chi connectivity index (χ4v) is 2.06. The van der Waals surface area contributed by atoms with Crippen LogP contribution in [0.15, 0.2) is 18.2 Å². The van der Waals surface area contributed by atoms with Crippen molar-refractivity contribution >= 4 is 11.6 Å². The molecule has 0 bridgehead atoms. The molecular formula is C13H17FN2O. The van der Waals surface area contributed by atoms with Gasteiger partial charge in [-0.05, 0) is 37.0 Å². The van der Waals surface area contributed by atoms with Crippen molar-refractivity contribution < 1.29 is 9.18 Å². The van der Waals surface area contributed by atoms with Crippen molar-refractivity contribution in [2.45, 2.75) is 19.3 Å². The highest BCUT2D eigenvalue weighted by atomic mass is 19.1. The number of nitrogen functional groups attached to an aromatic ring is 1. The molecule has 3 nitrogen and oxygen atoms in total. The molecule has 1 aliphatic rings. The van der Waals surface area contributed by atoms with Crippen LogP contribution < -0.4 is 5.73 Å². The Balaban J connectivity index is 2.09. The molecule has 0 radical (unpaired) electrons. The van der Waals surface area contributed by atoms with E-state index in [1.54, 1.807) is 11.9 Å². The van der Waals surface area contributed by atoms with Crippen molar-refractivity contribution in [2.24, 2.45) is 5.92 Å². The normalized spacial score (nSPS) is 15.4. The summed E-state index contributed by atoms with van der Waals surface area (Å²) in [5.41, 5.74) is 6.28.